The van der Waals surface area contributed by atoms with E-state index in [2.05, 4.69) is 61.5 Å². The monoisotopic (exact) mass is 464 g/mol. The molecule has 0 bridgehead atoms. The Morgan fingerprint density at radius 2 is 1.75 bits per heavy atom. The number of anilines is 1. The van der Waals surface area contributed by atoms with Crippen molar-refractivity contribution in [2.24, 2.45) is 0 Å². The molecule has 2 aliphatic rings. The van der Waals surface area contributed by atoms with Crippen LogP contribution >= 0.6 is 22.9 Å². The van der Waals surface area contributed by atoms with Gasteiger partial charge in [-0.05, 0) is 34.9 Å². The first-order valence-corrected chi connectivity index (χ1v) is 11.9. The molecule has 32 heavy (non-hydrogen) atoms. The van der Waals surface area contributed by atoms with E-state index in [0.717, 1.165) is 60.3 Å². The molecule has 2 aromatic carbocycles. The fraction of sp³-hybridized carbons (Fsp3) is 0.250. The van der Waals surface area contributed by atoms with Crippen molar-refractivity contribution in [2.75, 3.05) is 37.9 Å². The molecular formula is C24H21ClN4O2S. The molecule has 2 aliphatic heterocycles. The molecule has 6 rings (SSSR count). The van der Waals surface area contributed by atoms with E-state index < -0.39 is 0 Å². The van der Waals surface area contributed by atoms with Crippen molar-refractivity contribution in [1.29, 1.82) is 0 Å². The largest absolute Gasteiger partial charge is 0.454 e. The quantitative estimate of drug-likeness (QED) is 0.393. The Hall–Kier alpha value is -2.87. The molecule has 162 valence electrons. The average Bonchev–Trinajstić information content (AvgIpc) is 3.46. The van der Waals surface area contributed by atoms with E-state index in [1.54, 1.807) is 11.3 Å². The van der Waals surface area contributed by atoms with Crippen molar-refractivity contribution >= 4 is 39.0 Å². The number of hydrogen-bond donors (Lipinski definition) is 0. The molecule has 0 saturated carbocycles. The lowest BCUT2D eigenvalue weighted by atomic mass is 10.1. The zero-order valence-corrected chi connectivity index (χ0v) is 18.9. The van der Waals surface area contributed by atoms with Crippen LogP contribution in [0, 0.1) is 0 Å². The lowest BCUT2D eigenvalue weighted by Gasteiger charge is -2.35. The van der Waals surface area contributed by atoms with Gasteiger partial charge in [0.05, 0.1) is 5.39 Å². The molecule has 4 aromatic rings. The van der Waals surface area contributed by atoms with Gasteiger partial charge in [-0.25, -0.2) is 4.98 Å². The Morgan fingerprint density at radius 1 is 0.938 bits per heavy atom. The number of halogens is 1. The van der Waals surface area contributed by atoms with Crippen molar-refractivity contribution in [3.63, 3.8) is 0 Å². The molecule has 0 radical (unpaired) electrons. The maximum Gasteiger partial charge on any atom is 0.231 e. The summed E-state index contributed by atoms with van der Waals surface area (Å²) in [6.45, 7) is 4.86. The highest BCUT2D eigenvalue weighted by Gasteiger charge is 2.24. The zero-order chi connectivity index (χ0) is 21.5. The Bertz CT molecular complexity index is 1270. The topological polar surface area (TPSA) is 50.7 Å². The third kappa shape index (κ3) is 3.66. The van der Waals surface area contributed by atoms with Crippen LogP contribution in [0.5, 0.6) is 11.5 Å². The summed E-state index contributed by atoms with van der Waals surface area (Å²) in [7, 11) is 0. The second-order valence-electron chi connectivity index (χ2n) is 7.96. The van der Waals surface area contributed by atoms with Gasteiger partial charge in [0.2, 0.25) is 12.1 Å². The Labute approximate surface area is 195 Å². The van der Waals surface area contributed by atoms with Crippen LogP contribution in [0.15, 0.2) is 53.9 Å². The van der Waals surface area contributed by atoms with Crippen LogP contribution in [-0.2, 0) is 6.54 Å². The first kappa shape index (κ1) is 19.8. The predicted octanol–water partition coefficient (Wildman–Crippen LogP) is 5.06. The standard InChI is InChI=1S/C24H21ClN4O2S/c25-24-26-22(21-18(14-32-23(21)27-24)17-4-2-1-3-5-17)29-10-8-28(9-11-29)13-16-6-7-19-20(12-16)31-15-30-19/h1-7,12,14H,8-11,13,15H2. The van der Waals surface area contributed by atoms with Crippen LogP contribution in [0.1, 0.15) is 5.56 Å². The van der Waals surface area contributed by atoms with Gasteiger partial charge in [0.1, 0.15) is 10.6 Å². The van der Waals surface area contributed by atoms with Crippen LogP contribution in [0.3, 0.4) is 0 Å². The van der Waals surface area contributed by atoms with Crippen LogP contribution in [0.25, 0.3) is 21.3 Å². The zero-order valence-electron chi connectivity index (χ0n) is 17.3. The summed E-state index contributed by atoms with van der Waals surface area (Å²) >= 11 is 7.92. The number of thiophene rings is 1. The number of aromatic nitrogens is 2. The maximum absolute atomic E-state index is 6.31. The number of hydrogen-bond acceptors (Lipinski definition) is 7. The van der Waals surface area contributed by atoms with Crippen molar-refractivity contribution in [3.8, 4) is 22.6 Å². The number of ether oxygens (including phenoxy) is 2. The van der Waals surface area contributed by atoms with Crippen LogP contribution in [0.2, 0.25) is 5.28 Å². The van der Waals surface area contributed by atoms with Crippen LogP contribution in [0.4, 0.5) is 5.82 Å². The number of piperazine rings is 1. The third-order valence-corrected chi connectivity index (χ3v) is 7.03. The normalized spacial score (nSPS) is 16.1. The van der Waals surface area contributed by atoms with Gasteiger partial charge >= 0.3 is 0 Å². The van der Waals surface area contributed by atoms with Gasteiger partial charge in [-0.15, -0.1) is 11.3 Å². The van der Waals surface area contributed by atoms with E-state index in [1.807, 2.05) is 12.1 Å². The molecule has 0 N–H and O–H groups in total. The lowest BCUT2D eigenvalue weighted by molar-refractivity contribution is 0.174. The number of rotatable bonds is 4. The minimum atomic E-state index is 0.303. The molecule has 0 spiro atoms. The molecule has 0 unspecified atom stereocenters. The highest BCUT2D eigenvalue weighted by Crippen LogP contribution is 2.39. The van der Waals surface area contributed by atoms with Crippen molar-refractivity contribution < 1.29 is 9.47 Å². The minimum Gasteiger partial charge on any atom is -0.454 e. The molecule has 0 aliphatic carbocycles. The maximum atomic E-state index is 6.31. The van der Waals surface area contributed by atoms with Gasteiger partial charge < -0.3 is 14.4 Å². The van der Waals surface area contributed by atoms with E-state index in [0.29, 0.717) is 12.1 Å². The van der Waals surface area contributed by atoms with Crippen LogP contribution < -0.4 is 14.4 Å². The second-order valence-corrected chi connectivity index (χ2v) is 9.16. The number of nitrogens with zero attached hydrogens (tertiary/aromatic N) is 4. The molecule has 6 nitrogen and oxygen atoms in total. The Kier molecular flexibility index (Phi) is 5.09. The predicted molar refractivity (Wildman–Crippen MR) is 128 cm³/mol. The molecule has 1 saturated heterocycles. The van der Waals surface area contributed by atoms with E-state index >= 15 is 0 Å². The van der Waals surface area contributed by atoms with Gasteiger partial charge in [-0.1, -0.05) is 36.4 Å². The summed E-state index contributed by atoms with van der Waals surface area (Å²) in [4.78, 5) is 14.9. The summed E-state index contributed by atoms with van der Waals surface area (Å²) in [5.74, 6) is 2.60. The Balaban J connectivity index is 1.23. The SMILES string of the molecule is Clc1nc(N2CCN(Cc3ccc4c(c3)OCO4)CC2)c2c(-c3ccccc3)csc2n1. The molecule has 0 atom stereocenters. The molecular weight excluding hydrogens is 444 g/mol. The van der Waals surface area contributed by atoms with Gasteiger partial charge in [0.25, 0.3) is 0 Å². The molecule has 0 amide bonds. The minimum absolute atomic E-state index is 0.303. The summed E-state index contributed by atoms with van der Waals surface area (Å²) in [5.41, 5.74) is 3.58. The highest BCUT2D eigenvalue weighted by molar-refractivity contribution is 7.17. The van der Waals surface area contributed by atoms with Gasteiger partial charge in [-0.3, -0.25) is 4.90 Å². The summed E-state index contributed by atoms with van der Waals surface area (Å²) in [6.07, 6.45) is 0. The molecule has 8 heteroatoms. The summed E-state index contributed by atoms with van der Waals surface area (Å²) in [5, 5.41) is 3.55. The van der Waals surface area contributed by atoms with Crippen molar-refractivity contribution in [1.82, 2.24) is 14.9 Å². The number of benzene rings is 2. The van der Waals surface area contributed by atoms with Gasteiger partial charge in [0.15, 0.2) is 11.5 Å². The van der Waals surface area contributed by atoms with E-state index in [4.69, 9.17) is 21.1 Å². The van der Waals surface area contributed by atoms with E-state index in [9.17, 15) is 0 Å². The molecule has 2 aromatic heterocycles. The number of fused-ring (bicyclic) bond motifs is 2. The van der Waals surface area contributed by atoms with Gasteiger partial charge in [0, 0.05) is 43.7 Å². The van der Waals surface area contributed by atoms with Crippen molar-refractivity contribution in [3.05, 3.63) is 64.8 Å². The lowest BCUT2D eigenvalue weighted by Crippen LogP contribution is -2.46. The summed E-state index contributed by atoms with van der Waals surface area (Å²) in [6, 6.07) is 16.6. The van der Waals surface area contributed by atoms with Crippen molar-refractivity contribution in [2.45, 2.75) is 6.54 Å². The van der Waals surface area contributed by atoms with Crippen LogP contribution in [-0.4, -0.2) is 47.8 Å². The second kappa shape index (κ2) is 8.24. The smallest absolute Gasteiger partial charge is 0.231 e. The summed E-state index contributed by atoms with van der Waals surface area (Å²) < 4.78 is 10.9. The van der Waals surface area contributed by atoms with Gasteiger partial charge in [-0.2, -0.15) is 4.98 Å². The van der Waals surface area contributed by atoms with E-state index in [1.165, 1.54) is 16.7 Å². The third-order valence-electron chi connectivity index (χ3n) is 5.99. The fourth-order valence-electron chi connectivity index (χ4n) is 4.37. The first-order valence-electron chi connectivity index (χ1n) is 10.6. The van der Waals surface area contributed by atoms with E-state index in [-0.39, 0.29) is 0 Å². The fourth-order valence-corrected chi connectivity index (χ4v) is 5.53. The Morgan fingerprint density at radius 3 is 2.59 bits per heavy atom. The highest BCUT2D eigenvalue weighted by atomic mass is 35.5. The molecule has 1 fully saturated rings. The average molecular weight is 465 g/mol. The first-order chi connectivity index (χ1) is 15.7. The molecule has 4 heterocycles.